The van der Waals surface area contributed by atoms with Crippen molar-refractivity contribution in [3.05, 3.63) is 58.0 Å². The fraction of sp³-hybridized carbons (Fsp3) is 0.478. The van der Waals surface area contributed by atoms with Gasteiger partial charge in [0.25, 0.3) is 5.91 Å². The lowest BCUT2D eigenvalue weighted by molar-refractivity contribution is -0.108. The van der Waals surface area contributed by atoms with Gasteiger partial charge in [0.2, 0.25) is 0 Å². The molecule has 3 aromatic rings. The number of aliphatic hydroxyl groups is 1. The van der Waals surface area contributed by atoms with Crippen LogP contribution in [0.15, 0.2) is 42.0 Å². The number of morpholine rings is 1. The number of ether oxygens (including phenoxy) is 1. The summed E-state index contributed by atoms with van der Waals surface area (Å²) >= 11 is 1.79. The van der Waals surface area contributed by atoms with Crippen LogP contribution in [0.4, 0.5) is 0 Å². The molecule has 0 aromatic carbocycles. The summed E-state index contributed by atoms with van der Waals surface area (Å²) in [4.78, 5) is 19.2. The molecule has 3 fully saturated rings. The molecule has 31 heavy (non-hydrogen) atoms. The predicted octanol–water partition coefficient (Wildman–Crippen LogP) is 2.04. The lowest BCUT2D eigenvalue weighted by Crippen LogP contribution is -2.55. The summed E-state index contributed by atoms with van der Waals surface area (Å²) in [5, 5.41) is 16.7. The number of aryl methyl sites for hydroxylation is 1. The van der Waals surface area contributed by atoms with Gasteiger partial charge in [-0.25, -0.2) is 4.52 Å². The predicted molar refractivity (Wildman–Crippen MR) is 117 cm³/mol. The molecule has 1 spiro atoms. The number of nitrogens with zero attached hydrogens (tertiary/aromatic N) is 4. The van der Waals surface area contributed by atoms with E-state index in [0.29, 0.717) is 18.7 Å². The molecule has 4 atom stereocenters. The van der Waals surface area contributed by atoms with Crippen molar-refractivity contribution in [2.45, 2.75) is 25.2 Å². The third-order valence-corrected chi connectivity index (χ3v) is 8.36. The third kappa shape index (κ3) is 2.96. The topological polar surface area (TPSA) is 70.3 Å². The highest BCUT2D eigenvalue weighted by molar-refractivity contribution is 7.10. The molecule has 2 bridgehead atoms. The highest BCUT2D eigenvalue weighted by atomic mass is 32.1. The van der Waals surface area contributed by atoms with Gasteiger partial charge in [-0.05, 0) is 36.1 Å². The molecule has 0 unspecified atom stereocenters. The van der Waals surface area contributed by atoms with Gasteiger partial charge >= 0.3 is 0 Å². The Kier molecular flexibility index (Phi) is 4.47. The Morgan fingerprint density at radius 2 is 2.23 bits per heavy atom. The molecule has 3 saturated heterocycles. The standard InChI is InChI=1S/C23H26N4O3S/c1-15-5-7-31-21(15)11-25-9-18-17(12-28)20-10-26(14-23(18,13-25)30-20)22(29)16-8-24-27-6-3-2-4-19(16)27/h2-8,17-18,20,28H,9-14H2,1H3/t17-,18+,20+,23-/m0/s1. The maximum absolute atomic E-state index is 13.5. The molecule has 7 nitrogen and oxygen atoms in total. The molecule has 3 aromatic heterocycles. The van der Waals surface area contributed by atoms with Crippen LogP contribution in [-0.2, 0) is 11.3 Å². The third-order valence-electron chi connectivity index (χ3n) is 7.35. The van der Waals surface area contributed by atoms with Crippen molar-refractivity contribution in [2.24, 2.45) is 11.8 Å². The summed E-state index contributed by atoms with van der Waals surface area (Å²) in [7, 11) is 0. The maximum atomic E-state index is 13.5. The molecule has 162 valence electrons. The zero-order valence-electron chi connectivity index (χ0n) is 17.5. The summed E-state index contributed by atoms with van der Waals surface area (Å²) in [6.45, 7) is 5.93. The van der Waals surface area contributed by atoms with Gasteiger partial charge in [-0.15, -0.1) is 11.3 Å². The van der Waals surface area contributed by atoms with Crippen LogP contribution < -0.4 is 0 Å². The second-order valence-electron chi connectivity index (χ2n) is 9.14. The molecule has 3 aliphatic heterocycles. The van der Waals surface area contributed by atoms with Gasteiger partial charge in [-0.3, -0.25) is 9.69 Å². The van der Waals surface area contributed by atoms with Crippen LogP contribution in [0.2, 0.25) is 0 Å². The highest BCUT2D eigenvalue weighted by Crippen LogP contribution is 2.49. The van der Waals surface area contributed by atoms with E-state index in [-0.39, 0.29) is 30.5 Å². The minimum atomic E-state index is -0.403. The zero-order valence-corrected chi connectivity index (χ0v) is 18.3. The van der Waals surface area contributed by atoms with Crippen molar-refractivity contribution in [3.63, 3.8) is 0 Å². The Labute approximate surface area is 184 Å². The van der Waals surface area contributed by atoms with Gasteiger partial charge in [0.15, 0.2) is 0 Å². The van der Waals surface area contributed by atoms with E-state index in [4.69, 9.17) is 4.74 Å². The summed E-state index contributed by atoms with van der Waals surface area (Å²) < 4.78 is 8.30. The van der Waals surface area contributed by atoms with Crippen molar-refractivity contribution in [2.75, 3.05) is 32.8 Å². The van der Waals surface area contributed by atoms with E-state index in [1.807, 2.05) is 29.3 Å². The smallest absolute Gasteiger partial charge is 0.257 e. The van der Waals surface area contributed by atoms with Gasteiger partial charge in [-0.1, -0.05) is 6.07 Å². The molecule has 0 saturated carbocycles. The molecular weight excluding hydrogens is 412 g/mol. The van der Waals surface area contributed by atoms with E-state index in [0.717, 1.165) is 25.2 Å². The van der Waals surface area contributed by atoms with Gasteiger partial charge in [0, 0.05) is 55.7 Å². The first-order valence-corrected chi connectivity index (χ1v) is 11.7. The molecule has 8 heteroatoms. The number of aromatic nitrogens is 2. The van der Waals surface area contributed by atoms with Crippen molar-refractivity contribution >= 4 is 22.8 Å². The minimum absolute atomic E-state index is 0.00114. The van der Waals surface area contributed by atoms with Gasteiger partial charge in [-0.2, -0.15) is 5.10 Å². The van der Waals surface area contributed by atoms with E-state index in [1.165, 1.54) is 10.4 Å². The van der Waals surface area contributed by atoms with Crippen molar-refractivity contribution < 1.29 is 14.6 Å². The molecule has 0 radical (unpaired) electrons. The second-order valence-corrected chi connectivity index (χ2v) is 10.1. The SMILES string of the molecule is Cc1ccsc1CN1C[C@@H]2[C@H](CO)[C@H]3CN(C(=O)c4cnn5ccccc45)C[C@]2(C1)O3. The number of hydrogen-bond donors (Lipinski definition) is 1. The van der Waals surface area contributed by atoms with E-state index in [1.54, 1.807) is 22.0 Å². The molecule has 6 rings (SSSR count). The normalized spacial score (nSPS) is 30.3. The monoisotopic (exact) mass is 438 g/mol. The van der Waals surface area contributed by atoms with Crippen LogP contribution in [0, 0.1) is 18.8 Å². The summed E-state index contributed by atoms with van der Waals surface area (Å²) in [5.41, 5.74) is 2.37. The Balaban J connectivity index is 1.28. The molecule has 0 aliphatic carbocycles. The Morgan fingerprint density at radius 1 is 1.32 bits per heavy atom. The van der Waals surface area contributed by atoms with Crippen molar-refractivity contribution in [1.82, 2.24) is 19.4 Å². The van der Waals surface area contributed by atoms with Crippen LogP contribution in [0.3, 0.4) is 0 Å². The van der Waals surface area contributed by atoms with Crippen LogP contribution in [0.1, 0.15) is 20.8 Å². The highest BCUT2D eigenvalue weighted by Gasteiger charge is 2.62. The number of hydrogen-bond acceptors (Lipinski definition) is 6. The number of likely N-dealkylation sites (tertiary alicyclic amines) is 2. The van der Waals surface area contributed by atoms with E-state index in [2.05, 4.69) is 28.4 Å². The van der Waals surface area contributed by atoms with Crippen LogP contribution >= 0.6 is 11.3 Å². The first-order valence-electron chi connectivity index (χ1n) is 10.8. The number of thiophene rings is 1. The van der Waals surface area contributed by atoms with Crippen LogP contribution in [0.5, 0.6) is 0 Å². The molecular formula is C23H26N4O3S. The van der Waals surface area contributed by atoms with Crippen molar-refractivity contribution in [3.8, 4) is 0 Å². The molecule has 3 aliphatic rings. The average molecular weight is 439 g/mol. The molecule has 6 heterocycles. The van der Waals surface area contributed by atoms with Crippen LogP contribution in [0.25, 0.3) is 5.52 Å². The second kappa shape index (κ2) is 7.13. The molecule has 1 N–H and O–H groups in total. The summed E-state index contributed by atoms with van der Waals surface area (Å²) in [6, 6.07) is 7.92. The Hall–Kier alpha value is -2.26. The van der Waals surface area contributed by atoms with Crippen molar-refractivity contribution in [1.29, 1.82) is 0 Å². The first-order chi connectivity index (χ1) is 15.1. The van der Waals surface area contributed by atoms with Crippen LogP contribution in [-0.4, -0.2) is 74.9 Å². The van der Waals surface area contributed by atoms with E-state index < -0.39 is 5.60 Å². The summed E-state index contributed by atoms with van der Waals surface area (Å²) in [6.07, 6.45) is 3.40. The molecule has 1 amide bonds. The largest absolute Gasteiger partial charge is 0.396 e. The minimum Gasteiger partial charge on any atom is -0.396 e. The lowest BCUT2D eigenvalue weighted by atomic mass is 9.83. The number of amides is 1. The average Bonchev–Trinajstić information content (AvgIpc) is 3.49. The number of carbonyl (C=O) groups is 1. The number of fused-ring (bicyclic) bond motifs is 2. The van der Waals surface area contributed by atoms with Gasteiger partial charge in [0.05, 0.1) is 29.9 Å². The van der Waals surface area contributed by atoms with E-state index >= 15 is 0 Å². The van der Waals surface area contributed by atoms with E-state index in [9.17, 15) is 9.90 Å². The quantitative estimate of drug-likeness (QED) is 0.675. The fourth-order valence-electron chi connectivity index (χ4n) is 5.84. The number of pyridine rings is 1. The van der Waals surface area contributed by atoms with Gasteiger partial charge < -0.3 is 14.7 Å². The maximum Gasteiger partial charge on any atom is 0.257 e. The first kappa shape index (κ1) is 19.4. The fourth-order valence-corrected chi connectivity index (χ4v) is 6.79. The Morgan fingerprint density at radius 3 is 3.03 bits per heavy atom. The number of rotatable bonds is 4. The zero-order chi connectivity index (χ0) is 21.2. The van der Waals surface area contributed by atoms with Gasteiger partial charge in [0.1, 0.15) is 5.60 Å². The number of aliphatic hydroxyl groups excluding tert-OH is 1. The summed E-state index contributed by atoms with van der Waals surface area (Å²) in [5.74, 6) is 0.305. The number of carbonyl (C=O) groups excluding carboxylic acids is 1. The lowest BCUT2D eigenvalue weighted by Gasteiger charge is -2.40. The Bertz CT molecular complexity index is 1140.